The molecule has 1 amide bonds. The first-order valence-electron chi connectivity index (χ1n) is 6.31. The molecule has 108 valence electrons. The molecule has 0 aliphatic rings. The van der Waals surface area contributed by atoms with Gasteiger partial charge in [-0.25, -0.2) is 5.43 Å². The molecule has 0 fully saturated rings. The number of rotatable bonds is 4. The van der Waals surface area contributed by atoms with Crippen molar-refractivity contribution in [2.24, 2.45) is 5.10 Å². The molecule has 0 saturated heterocycles. The first-order chi connectivity index (χ1) is 10.1. The van der Waals surface area contributed by atoms with E-state index < -0.39 is 0 Å². The molecule has 5 nitrogen and oxygen atoms in total. The second-order valence-electron chi connectivity index (χ2n) is 4.41. The Labute approximate surface area is 126 Å². The molecular weight excluding hydrogens is 290 g/mol. The van der Waals surface area contributed by atoms with E-state index in [0.717, 1.165) is 5.56 Å². The molecule has 0 radical (unpaired) electrons. The molecule has 6 heteroatoms. The maximum absolute atomic E-state index is 11.8. The van der Waals surface area contributed by atoms with Crippen molar-refractivity contribution in [3.05, 3.63) is 69.6 Å². The summed E-state index contributed by atoms with van der Waals surface area (Å²) >= 11 is 5.90. The van der Waals surface area contributed by atoms with Crippen molar-refractivity contribution in [3.63, 3.8) is 0 Å². The van der Waals surface area contributed by atoms with Gasteiger partial charge in [0.05, 0.1) is 5.71 Å². The number of benzene rings is 1. The Morgan fingerprint density at radius 3 is 2.81 bits per heavy atom. The summed E-state index contributed by atoms with van der Waals surface area (Å²) in [6.45, 7) is 1.69. The van der Waals surface area contributed by atoms with Crippen molar-refractivity contribution < 1.29 is 4.79 Å². The van der Waals surface area contributed by atoms with Crippen LogP contribution < -0.4 is 11.0 Å². The number of aromatic nitrogens is 1. The second-order valence-corrected chi connectivity index (χ2v) is 4.85. The lowest BCUT2D eigenvalue weighted by atomic mass is 10.1. The van der Waals surface area contributed by atoms with Gasteiger partial charge in [-0.05, 0) is 30.7 Å². The van der Waals surface area contributed by atoms with Crippen molar-refractivity contribution in [1.29, 1.82) is 0 Å². The lowest BCUT2D eigenvalue weighted by Crippen LogP contribution is -2.29. The van der Waals surface area contributed by atoms with E-state index in [1.54, 1.807) is 37.4 Å². The van der Waals surface area contributed by atoms with Gasteiger partial charge in [-0.1, -0.05) is 29.8 Å². The number of hydrazone groups is 1. The highest BCUT2D eigenvalue weighted by molar-refractivity contribution is 6.31. The molecule has 1 aromatic heterocycles. The summed E-state index contributed by atoms with van der Waals surface area (Å²) in [6, 6.07) is 11.9. The van der Waals surface area contributed by atoms with Gasteiger partial charge in [-0.3, -0.25) is 9.59 Å². The summed E-state index contributed by atoms with van der Waals surface area (Å²) < 4.78 is 1.31. The summed E-state index contributed by atoms with van der Waals surface area (Å²) in [6.07, 6.45) is 1.55. The van der Waals surface area contributed by atoms with E-state index in [2.05, 4.69) is 10.5 Å². The van der Waals surface area contributed by atoms with Crippen LogP contribution in [-0.4, -0.2) is 16.2 Å². The van der Waals surface area contributed by atoms with E-state index >= 15 is 0 Å². The number of pyridine rings is 1. The van der Waals surface area contributed by atoms with Crippen LogP contribution in [0.5, 0.6) is 0 Å². The van der Waals surface area contributed by atoms with Crippen LogP contribution in [0, 0.1) is 0 Å². The third kappa shape index (κ3) is 4.29. The molecule has 0 bridgehead atoms. The van der Waals surface area contributed by atoms with Gasteiger partial charge in [0.2, 0.25) is 0 Å². The highest BCUT2D eigenvalue weighted by atomic mass is 35.5. The summed E-state index contributed by atoms with van der Waals surface area (Å²) in [5, 5.41) is 4.61. The molecule has 0 saturated carbocycles. The van der Waals surface area contributed by atoms with E-state index in [1.807, 2.05) is 12.1 Å². The topological polar surface area (TPSA) is 63.5 Å². The van der Waals surface area contributed by atoms with Gasteiger partial charge in [0, 0.05) is 17.3 Å². The maximum atomic E-state index is 11.8. The predicted molar refractivity (Wildman–Crippen MR) is 82.5 cm³/mol. The molecule has 1 N–H and O–H groups in total. The summed E-state index contributed by atoms with van der Waals surface area (Å²) in [5.41, 5.74) is 3.64. The summed E-state index contributed by atoms with van der Waals surface area (Å²) in [4.78, 5) is 23.2. The van der Waals surface area contributed by atoms with Crippen LogP contribution in [0.2, 0.25) is 5.02 Å². The molecule has 21 heavy (non-hydrogen) atoms. The standard InChI is InChI=1S/C15H14ClN3O2/c1-11(12-5-4-6-13(16)9-12)17-18-14(20)10-19-8-3-2-7-15(19)21/h2-9H,10H2,1H3,(H,18,20)/b17-11-. The number of carbonyl (C=O) groups excluding carboxylic acids is 1. The van der Waals surface area contributed by atoms with Gasteiger partial charge in [0.1, 0.15) is 6.54 Å². The van der Waals surface area contributed by atoms with Crippen molar-refractivity contribution in [3.8, 4) is 0 Å². The minimum Gasteiger partial charge on any atom is -0.306 e. The Balaban J connectivity index is 2.02. The van der Waals surface area contributed by atoms with Crippen LogP contribution in [0.3, 0.4) is 0 Å². The molecule has 1 heterocycles. The maximum Gasteiger partial charge on any atom is 0.260 e. The van der Waals surface area contributed by atoms with Gasteiger partial charge in [-0.15, -0.1) is 0 Å². The minimum absolute atomic E-state index is 0.0774. The Morgan fingerprint density at radius 2 is 2.10 bits per heavy atom. The number of hydrogen-bond acceptors (Lipinski definition) is 3. The molecule has 0 atom stereocenters. The minimum atomic E-state index is -0.371. The number of nitrogens with one attached hydrogen (secondary N) is 1. The number of amides is 1. The van der Waals surface area contributed by atoms with Crippen LogP contribution in [0.4, 0.5) is 0 Å². The van der Waals surface area contributed by atoms with Crippen LogP contribution in [0.15, 0.2) is 58.6 Å². The van der Waals surface area contributed by atoms with Gasteiger partial charge in [0.15, 0.2) is 0 Å². The fourth-order valence-electron chi connectivity index (χ4n) is 1.71. The molecule has 0 aliphatic heterocycles. The SMILES string of the molecule is C/C(=N/NC(=O)Cn1ccccc1=O)c1cccc(Cl)c1. The highest BCUT2D eigenvalue weighted by Crippen LogP contribution is 2.11. The van der Waals surface area contributed by atoms with E-state index in [0.29, 0.717) is 10.7 Å². The predicted octanol–water partition coefficient (Wildman–Crippen LogP) is 2.04. The Hall–Kier alpha value is -2.40. The third-order valence-electron chi connectivity index (χ3n) is 2.80. The van der Waals surface area contributed by atoms with Gasteiger partial charge in [0.25, 0.3) is 11.5 Å². The molecular formula is C15H14ClN3O2. The molecule has 2 rings (SSSR count). The molecule has 0 aliphatic carbocycles. The van der Waals surface area contributed by atoms with Gasteiger partial charge >= 0.3 is 0 Å². The van der Waals surface area contributed by atoms with E-state index in [9.17, 15) is 9.59 Å². The zero-order chi connectivity index (χ0) is 15.2. The molecule has 0 spiro atoms. The van der Waals surface area contributed by atoms with Crippen LogP contribution >= 0.6 is 11.6 Å². The zero-order valence-electron chi connectivity index (χ0n) is 11.4. The molecule has 2 aromatic rings. The normalized spacial score (nSPS) is 11.2. The smallest absolute Gasteiger partial charge is 0.260 e. The van der Waals surface area contributed by atoms with E-state index in [-0.39, 0.29) is 18.0 Å². The molecule has 0 unspecified atom stereocenters. The fourth-order valence-corrected chi connectivity index (χ4v) is 1.90. The Morgan fingerprint density at radius 1 is 1.29 bits per heavy atom. The molecule has 1 aromatic carbocycles. The second kappa shape index (κ2) is 6.85. The lowest BCUT2D eigenvalue weighted by molar-refractivity contribution is -0.121. The summed E-state index contributed by atoms with van der Waals surface area (Å²) in [7, 11) is 0. The number of nitrogens with zero attached hydrogens (tertiary/aromatic N) is 2. The van der Waals surface area contributed by atoms with Crippen LogP contribution in [-0.2, 0) is 11.3 Å². The van der Waals surface area contributed by atoms with Crippen molar-refractivity contribution in [2.45, 2.75) is 13.5 Å². The number of carbonyl (C=O) groups is 1. The van der Waals surface area contributed by atoms with Crippen molar-refractivity contribution in [2.75, 3.05) is 0 Å². The third-order valence-corrected chi connectivity index (χ3v) is 3.04. The quantitative estimate of drug-likeness (QED) is 0.694. The van der Waals surface area contributed by atoms with Crippen molar-refractivity contribution in [1.82, 2.24) is 9.99 Å². The van der Waals surface area contributed by atoms with Gasteiger partial charge in [-0.2, -0.15) is 5.10 Å². The summed E-state index contributed by atoms with van der Waals surface area (Å²) in [5.74, 6) is -0.371. The van der Waals surface area contributed by atoms with E-state index in [1.165, 1.54) is 10.6 Å². The Kier molecular flexibility index (Phi) is 4.90. The number of halogens is 1. The first kappa shape index (κ1) is 15.0. The largest absolute Gasteiger partial charge is 0.306 e. The average Bonchev–Trinajstić information content (AvgIpc) is 2.47. The average molecular weight is 304 g/mol. The Bertz CT molecular complexity index is 737. The lowest BCUT2D eigenvalue weighted by Gasteiger charge is -2.05. The highest BCUT2D eigenvalue weighted by Gasteiger charge is 2.04. The monoisotopic (exact) mass is 303 g/mol. The van der Waals surface area contributed by atoms with Crippen LogP contribution in [0.25, 0.3) is 0 Å². The van der Waals surface area contributed by atoms with E-state index in [4.69, 9.17) is 11.6 Å². The van der Waals surface area contributed by atoms with Crippen molar-refractivity contribution >= 4 is 23.2 Å². The number of hydrogen-bond donors (Lipinski definition) is 1. The zero-order valence-corrected chi connectivity index (χ0v) is 12.2. The van der Waals surface area contributed by atoms with Gasteiger partial charge < -0.3 is 4.57 Å². The van der Waals surface area contributed by atoms with Crippen LogP contribution in [0.1, 0.15) is 12.5 Å². The fraction of sp³-hybridized carbons (Fsp3) is 0.133. The first-order valence-corrected chi connectivity index (χ1v) is 6.68.